The zero-order chi connectivity index (χ0) is 87.5. The maximum Gasteiger partial charge on any atom is 0.323 e. The second-order valence-corrected chi connectivity index (χ2v) is 31.5. The Morgan fingerprint density at radius 3 is 1.15 bits per heavy atom. The SMILES string of the molecule is COc1ccc2c(c1)C(=O)N(C[C@@]1(C#Cc3ccc4[nH]c(=O)[nH]c4c3)NC(=O)NC1=O)C2.COc1ccc2c(c1)C(=O)N(C[C@@]1(C#Cc3csc(CN)c3)NC(=O)NC1=O)C2.COc1ccc2c(c1)C(=O)N(C[C@]1(C#Cc3ccc(C#N)s3)NC(=O)NC1=O)C2.COc1ccc2c(c1)C(=O)N(C[C@]1(C#Cc3ccc(C(=O)NC4CC4)cc3)NC(=O)NC1=O)C2. The van der Waals surface area contributed by atoms with E-state index >= 15 is 0 Å². The first kappa shape index (κ1) is 83.1. The largest absolute Gasteiger partial charge is 0.497 e. The van der Waals surface area contributed by atoms with Crippen LogP contribution in [0.3, 0.4) is 0 Å². The van der Waals surface area contributed by atoms with Crippen molar-refractivity contribution in [3.63, 3.8) is 0 Å². The van der Waals surface area contributed by atoms with Crippen LogP contribution in [0.4, 0.5) is 19.2 Å². The number of H-pyrrole nitrogens is 2. The third-order valence-electron chi connectivity index (χ3n) is 21.1. The number of urea groups is 4. The zero-order valence-electron chi connectivity index (χ0n) is 66.1. The van der Waals surface area contributed by atoms with Crippen molar-refractivity contribution in [1.29, 1.82) is 5.26 Å². The Kier molecular flexibility index (Phi) is 22.8. The molecule has 11 heterocycles. The number of imidazole rings is 1. The Morgan fingerprint density at radius 2 is 0.806 bits per heavy atom. The average molecular weight is 1710 g/mol. The molecular weight excluding hydrogens is 1640 g/mol. The molecule has 0 unspecified atom stereocenters. The van der Waals surface area contributed by atoms with Crippen molar-refractivity contribution in [3.8, 4) is 76.4 Å². The Hall–Kier alpha value is -16.0. The number of thiophene rings is 2. The van der Waals surface area contributed by atoms with Gasteiger partial charge in [-0.1, -0.05) is 71.6 Å². The van der Waals surface area contributed by atoms with Crippen LogP contribution < -0.4 is 78.2 Å². The van der Waals surface area contributed by atoms with Crippen molar-refractivity contribution >= 4 is 111 Å². The van der Waals surface area contributed by atoms with Crippen molar-refractivity contribution in [1.82, 2.24) is 77.4 Å². The number of amides is 17. The third-order valence-corrected chi connectivity index (χ3v) is 22.9. The molecule has 8 aliphatic heterocycles. The summed E-state index contributed by atoms with van der Waals surface area (Å²) in [5.74, 6) is 21.6. The molecule has 1 saturated carbocycles. The van der Waals surface area contributed by atoms with Crippen LogP contribution >= 0.6 is 22.7 Å². The molecule has 35 nitrogen and oxygen atoms in total. The van der Waals surface area contributed by atoms with E-state index in [0.29, 0.717) is 108 Å². The minimum Gasteiger partial charge on any atom is -0.497 e. The summed E-state index contributed by atoms with van der Waals surface area (Å²) in [6.07, 6.45) is 2.01. The van der Waals surface area contributed by atoms with Crippen molar-refractivity contribution < 1.29 is 81.3 Å². The predicted octanol–water partition coefficient (Wildman–Crippen LogP) is 3.64. The number of hydrogen-bond donors (Lipinski definition) is 12. The van der Waals surface area contributed by atoms with Gasteiger partial charge in [-0.25, -0.2) is 24.0 Å². The van der Waals surface area contributed by atoms with Gasteiger partial charge in [-0.3, -0.25) is 64.4 Å². The van der Waals surface area contributed by atoms with Crippen LogP contribution in [0.1, 0.15) is 118 Å². The molecule has 4 atom stereocenters. The third kappa shape index (κ3) is 17.3. The fourth-order valence-electron chi connectivity index (χ4n) is 14.5. The topological polar surface area (TPSA) is 479 Å². The van der Waals surface area contributed by atoms with Gasteiger partial charge >= 0.3 is 29.8 Å². The summed E-state index contributed by atoms with van der Waals surface area (Å²) < 4.78 is 20.7. The van der Waals surface area contributed by atoms with Gasteiger partial charge in [0.25, 0.3) is 53.2 Å². The fourth-order valence-corrected chi connectivity index (χ4v) is 15.8. The summed E-state index contributed by atoms with van der Waals surface area (Å²) in [7, 11) is 6.09. The monoisotopic (exact) mass is 1710 g/mol. The number of imide groups is 4. The number of benzene rings is 6. The maximum atomic E-state index is 13.0. The van der Waals surface area contributed by atoms with Gasteiger partial charge in [0.2, 0.25) is 22.2 Å². The van der Waals surface area contributed by atoms with Crippen LogP contribution in [0.25, 0.3) is 11.0 Å². The number of aromatic nitrogens is 2. The van der Waals surface area contributed by atoms with E-state index in [0.717, 1.165) is 40.0 Å². The van der Waals surface area contributed by atoms with E-state index < -0.39 is 69.9 Å². The van der Waals surface area contributed by atoms with Crippen molar-refractivity contribution in [2.45, 2.75) is 73.8 Å². The molecule has 18 rings (SSSR count). The number of nitrogens with one attached hydrogen (secondary N) is 11. The lowest BCUT2D eigenvalue weighted by Crippen LogP contribution is -2.54. The van der Waals surface area contributed by atoms with E-state index in [1.807, 2.05) is 23.6 Å². The van der Waals surface area contributed by atoms with Crippen molar-refractivity contribution in [2.24, 2.45) is 5.73 Å². The Balaban J connectivity index is 0.000000128. The van der Waals surface area contributed by atoms with E-state index in [9.17, 15) is 67.1 Å². The van der Waals surface area contributed by atoms with Crippen LogP contribution in [0, 0.1) is 58.7 Å². The molecule has 13 N–H and O–H groups in total. The van der Waals surface area contributed by atoms with E-state index in [2.05, 4.69) is 105 Å². The summed E-state index contributed by atoms with van der Waals surface area (Å²) in [5.41, 5.74) is 7.71. The first-order chi connectivity index (χ1) is 59.6. The lowest BCUT2D eigenvalue weighted by atomic mass is 9.99. The maximum absolute atomic E-state index is 13.0. The van der Waals surface area contributed by atoms with E-state index in [-0.39, 0.29) is 80.5 Å². The number of rotatable bonds is 15. The second kappa shape index (κ2) is 34.0. The number of ether oxygens (including phenoxy) is 4. The van der Waals surface area contributed by atoms with E-state index in [4.69, 9.17) is 29.9 Å². The Labute approximate surface area is 712 Å². The normalized spacial score (nSPS) is 20.0. The van der Waals surface area contributed by atoms with Crippen LogP contribution in [0.2, 0.25) is 0 Å². The highest BCUT2D eigenvalue weighted by atomic mass is 32.1. The molecule has 37 heteroatoms. The summed E-state index contributed by atoms with van der Waals surface area (Å²) in [4.78, 5) is 187. The average Bonchev–Trinajstić information content (AvgIpc) is 1.63. The second-order valence-electron chi connectivity index (χ2n) is 29.4. The minimum atomic E-state index is -1.61. The summed E-state index contributed by atoms with van der Waals surface area (Å²) >= 11 is 2.65. The first-order valence-electron chi connectivity index (χ1n) is 38.0. The van der Waals surface area contributed by atoms with Gasteiger partial charge < -0.3 is 80.8 Å². The quantitative estimate of drug-likeness (QED) is 0.0515. The van der Waals surface area contributed by atoms with Gasteiger partial charge in [0.05, 0.1) is 70.5 Å². The molecule has 17 amide bonds. The fraction of sp³-hybridized carbons (Fsp3) is 0.230. The molecule has 6 aromatic carbocycles. The molecule has 624 valence electrons. The zero-order valence-corrected chi connectivity index (χ0v) is 67.7. The van der Waals surface area contributed by atoms with Crippen LogP contribution in [-0.4, -0.2) is 190 Å². The Morgan fingerprint density at radius 1 is 0.444 bits per heavy atom. The molecule has 9 aliphatic rings. The number of nitrogens with zero attached hydrogens (tertiary/aromatic N) is 5. The summed E-state index contributed by atoms with van der Waals surface area (Å²) in [6, 6.07) is 37.4. The summed E-state index contributed by atoms with van der Waals surface area (Å²) in [5, 5.41) is 32.8. The molecule has 0 radical (unpaired) electrons. The molecule has 0 spiro atoms. The van der Waals surface area contributed by atoms with Crippen LogP contribution in [0.15, 0.2) is 144 Å². The molecule has 124 heavy (non-hydrogen) atoms. The highest BCUT2D eigenvalue weighted by molar-refractivity contribution is 7.13. The van der Waals surface area contributed by atoms with Crippen LogP contribution in [-0.2, 0) is 51.9 Å². The predicted molar refractivity (Wildman–Crippen MR) is 443 cm³/mol. The van der Waals surface area contributed by atoms with Crippen molar-refractivity contribution in [3.05, 3.63) is 231 Å². The molecule has 0 bridgehead atoms. The summed E-state index contributed by atoms with van der Waals surface area (Å²) in [6.45, 7) is 1.16. The minimum absolute atomic E-state index is 0.0682. The number of nitriles is 1. The van der Waals surface area contributed by atoms with Crippen molar-refractivity contribution in [2.75, 3.05) is 54.6 Å². The molecule has 4 saturated heterocycles. The number of carbonyl (C=O) groups is 13. The molecule has 5 fully saturated rings. The smallest absolute Gasteiger partial charge is 0.323 e. The van der Waals surface area contributed by atoms with Gasteiger partial charge in [0.1, 0.15) is 33.9 Å². The number of fused-ring (bicyclic) bond motifs is 5. The number of methoxy groups -OCH3 is 4. The highest BCUT2D eigenvalue weighted by Gasteiger charge is 2.53. The number of nitrogens with two attached hydrogens (primary N) is 1. The van der Waals surface area contributed by atoms with Gasteiger partial charge in [0.15, 0.2) is 0 Å². The van der Waals surface area contributed by atoms with Gasteiger partial charge in [-0.2, -0.15) is 5.26 Å². The standard InChI is InChI=1S/C25H22N4O5.C22H17N5O5.C20H18N4O4S.C20H14N4O4S/c1-34-19-9-6-17-13-29(22(31)20(17)12-19)14-25(23(32)27-24(33)28-25)11-10-15-2-4-16(5-3-15)21(30)26-18-7-8-18;1-32-14-4-3-13-10-27(18(28)15(13)9-14)11-22(19(29)25-21(31)26-22)7-6-12-2-5-16-17(8-12)24-20(30)23-16;1-28-14-3-2-13-9-24(17(25)16(13)7-14)11-20(18(26)22-19(27)23-20)5-4-12-6-15(8-21)29-10-12;1-28-13-3-2-12-10-24(17(25)16(12)8-13)11-20(18(26)22-19(27)23-20)7-6-14-4-5-15(9-21)29-14/h2-6,9,12,18H,7-8,13-14H2,1H3,(H,26,30)(H2,27,28,32,33);2-5,8-9H,10-11H2,1H3,(H2,23,24,30)(H2,25,26,29,31);2-3,6-7,10H,8-9,11,21H2,1H3,(H2,22,23,26,27);2-5,8H,10-11H2,1H3,(H2,22,23,26,27)/t25-;22-;2*20-/m0110/s1. The van der Waals surface area contributed by atoms with Gasteiger partial charge in [0, 0.05) is 93.5 Å². The molecule has 1 aliphatic carbocycles. The lowest BCUT2D eigenvalue weighted by molar-refractivity contribution is -0.123. The Bertz CT molecular complexity index is 6470. The molecule has 9 aromatic rings. The number of hydrogen-bond acceptors (Lipinski definition) is 22. The van der Waals surface area contributed by atoms with Gasteiger partial charge in [-0.15, -0.1) is 22.7 Å². The number of aromatic amines is 2. The molecular formula is C87H71N17O18S2. The molecule has 3 aromatic heterocycles. The number of carbonyl (C=O) groups excluding carboxylic acids is 13. The van der Waals surface area contributed by atoms with Crippen LogP contribution in [0.5, 0.6) is 23.0 Å². The van der Waals surface area contributed by atoms with E-state index in [1.54, 1.807) is 121 Å². The lowest BCUT2D eigenvalue weighted by Gasteiger charge is -2.26. The highest BCUT2D eigenvalue weighted by Crippen LogP contribution is 2.35. The first-order valence-corrected chi connectivity index (χ1v) is 39.7. The van der Waals surface area contributed by atoms with Gasteiger partial charge in [-0.05, 0) is 144 Å². The van der Waals surface area contributed by atoms with E-state index in [1.165, 1.54) is 70.7 Å².